The first-order valence-electron chi connectivity index (χ1n) is 11.8. The van der Waals surface area contributed by atoms with Crippen LogP contribution >= 0.6 is 0 Å². The summed E-state index contributed by atoms with van der Waals surface area (Å²) >= 11 is 0. The van der Waals surface area contributed by atoms with Crippen LogP contribution in [0.4, 0.5) is 0 Å². The van der Waals surface area contributed by atoms with Crippen molar-refractivity contribution in [3.05, 3.63) is 18.7 Å². The summed E-state index contributed by atoms with van der Waals surface area (Å²) in [4.78, 5) is 0. The fourth-order valence-corrected chi connectivity index (χ4v) is 4.41. The van der Waals surface area contributed by atoms with Crippen LogP contribution in [0.1, 0.15) is 91.9 Å². The lowest BCUT2D eigenvalue weighted by Crippen LogP contribution is -2.35. The van der Waals surface area contributed by atoms with Gasteiger partial charge in [0.05, 0.1) is 12.7 Å². The topological polar surface area (TPSA) is 27.3 Å². The zero-order valence-electron chi connectivity index (χ0n) is 18.9. The molecule has 1 heterocycles. The Labute approximate surface area is 173 Å². The van der Waals surface area contributed by atoms with Crippen molar-refractivity contribution in [1.29, 1.82) is 0 Å². The molecule has 3 atom stereocenters. The third-order valence-electron chi connectivity index (χ3n) is 6.28. The normalized spacial score (nSPS) is 22.8. The Kier molecular flexibility index (Phi) is 11.2. The van der Waals surface area contributed by atoms with E-state index in [1.54, 1.807) is 0 Å². The number of imidazole rings is 1. The molecule has 1 aliphatic rings. The van der Waals surface area contributed by atoms with E-state index in [1.165, 1.54) is 64.2 Å². The van der Waals surface area contributed by atoms with Gasteiger partial charge < -0.3 is 9.47 Å². The van der Waals surface area contributed by atoms with E-state index in [1.807, 2.05) is 0 Å². The van der Waals surface area contributed by atoms with E-state index in [9.17, 15) is 0 Å². The molecule has 0 aromatic carbocycles. The summed E-state index contributed by atoms with van der Waals surface area (Å²) in [6.45, 7) is 11.4. The Morgan fingerprint density at radius 3 is 2.57 bits per heavy atom. The monoisotopic (exact) mass is 393 g/mol. The molecule has 0 amide bonds. The van der Waals surface area contributed by atoms with Crippen molar-refractivity contribution >= 4 is 0 Å². The fraction of sp³-hybridized carbons (Fsp3) is 0.875. The van der Waals surface area contributed by atoms with Gasteiger partial charge in [-0.25, -0.2) is 9.13 Å². The van der Waals surface area contributed by atoms with Crippen molar-refractivity contribution in [2.24, 2.45) is 17.8 Å². The first-order chi connectivity index (χ1) is 13.6. The van der Waals surface area contributed by atoms with Gasteiger partial charge in [0.2, 0.25) is 6.33 Å². The average Bonchev–Trinajstić information content (AvgIpc) is 3.12. The first kappa shape index (κ1) is 23.4. The maximum absolute atomic E-state index is 6.33. The van der Waals surface area contributed by atoms with Crippen molar-refractivity contribution in [3.8, 4) is 0 Å². The zero-order valence-corrected chi connectivity index (χ0v) is 18.9. The van der Waals surface area contributed by atoms with Gasteiger partial charge in [-0.2, -0.15) is 0 Å². The largest absolute Gasteiger partial charge is 0.342 e. The van der Waals surface area contributed by atoms with Crippen LogP contribution in [0.2, 0.25) is 0 Å². The van der Waals surface area contributed by atoms with Gasteiger partial charge in [-0.05, 0) is 37.0 Å². The molecule has 0 aliphatic heterocycles. The first-order valence-corrected chi connectivity index (χ1v) is 11.8. The van der Waals surface area contributed by atoms with E-state index in [4.69, 9.17) is 9.47 Å². The standard InChI is InChI=1S/C24H45N2O2/c1-5-6-7-8-9-10-11-16-27-19-25-14-15-26(18-25)20-28-24-17-22(4)12-13-23(24)21(2)3/h14-15,18,21-24H,5-13,16-17,19-20H2,1-4H3/q+1/t22-,23+,24-/m1/s1. The molecule has 162 valence electrons. The molecule has 1 fully saturated rings. The summed E-state index contributed by atoms with van der Waals surface area (Å²) in [5, 5.41) is 0. The zero-order chi connectivity index (χ0) is 20.2. The Morgan fingerprint density at radius 1 is 1.07 bits per heavy atom. The lowest BCUT2D eigenvalue weighted by atomic mass is 9.75. The summed E-state index contributed by atoms with van der Waals surface area (Å²) in [6, 6.07) is 0. The maximum Gasteiger partial charge on any atom is 0.247 e. The third-order valence-corrected chi connectivity index (χ3v) is 6.28. The second-order valence-electron chi connectivity index (χ2n) is 9.26. The quantitative estimate of drug-likeness (QED) is 0.289. The molecule has 0 N–H and O–H groups in total. The average molecular weight is 394 g/mol. The predicted octanol–water partition coefficient (Wildman–Crippen LogP) is 5.94. The number of nitrogens with zero attached hydrogens (tertiary/aromatic N) is 2. The lowest BCUT2D eigenvalue weighted by Gasteiger charge is -2.36. The van der Waals surface area contributed by atoms with Crippen molar-refractivity contribution in [3.63, 3.8) is 0 Å². The van der Waals surface area contributed by atoms with Gasteiger partial charge >= 0.3 is 0 Å². The molecular weight excluding hydrogens is 348 g/mol. The number of ether oxygens (including phenoxy) is 2. The van der Waals surface area contributed by atoms with E-state index < -0.39 is 0 Å². The molecule has 0 spiro atoms. The van der Waals surface area contributed by atoms with Gasteiger partial charge in [-0.1, -0.05) is 72.6 Å². The molecule has 1 saturated carbocycles. The molecule has 4 heteroatoms. The van der Waals surface area contributed by atoms with Gasteiger partial charge in [0.25, 0.3) is 0 Å². The van der Waals surface area contributed by atoms with E-state index in [-0.39, 0.29) is 0 Å². The second kappa shape index (κ2) is 13.4. The minimum atomic E-state index is 0.396. The lowest BCUT2D eigenvalue weighted by molar-refractivity contribution is -0.732. The molecule has 4 nitrogen and oxygen atoms in total. The van der Waals surface area contributed by atoms with E-state index in [0.717, 1.165) is 12.5 Å². The van der Waals surface area contributed by atoms with Crippen LogP contribution in [0.5, 0.6) is 0 Å². The molecule has 1 aromatic rings. The summed E-state index contributed by atoms with van der Waals surface area (Å²) in [7, 11) is 0. The van der Waals surface area contributed by atoms with Crippen molar-refractivity contribution in [1.82, 2.24) is 4.57 Å². The summed E-state index contributed by atoms with van der Waals surface area (Å²) in [6.07, 6.45) is 19.8. The summed E-state index contributed by atoms with van der Waals surface area (Å²) in [5.41, 5.74) is 0. The number of unbranched alkanes of at least 4 members (excludes halogenated alkanes) is 6. The number of aromatic nitrogens is 2. The minimum Gasteiger partial charge on any atom is -0.342 e. The number of hydrogen-bond acceptors (Lipinski definition) is 2. The van der Waals surface area contributed by atoms with Crippen LogP contribution in [0, 0.1) is 17.8 Å². The highest BCUT2D eigenvalue weighted by Gasteiger charge is 2.31. The number of hydrogen-bond donors (Lipinski definition) is 0. The molecule has 1 aromatic heterocycles. The summed E-state index contributed by atoms with van der Waals surface area (Å²) < 4.78 is 16.4. The predicted molar refractivity (Wildman–Crippen MR) is 115 cm³/mol. The molecule has 28 heavy (non-hydrogen) atoms. The highest BCUT2D eigenvalue weighted by atomic mass is 16.5. The second-order valence-corrected chi connectivity index (χ2v) is 9.26. The van der Waals surface area contributed by atoms with Crippen LogP contribution in [-0.2, 0) is 22.9 Å². The van der Waals surface area contributed by atoms with E-state index >= 15 is 0 Å². The van der Waals surface area contributed by atoms with Crippen LogP contribution in [0.25, 0.3) is 0 Å². The maximum atomic E-state index is 6.33. The smallest absolute Gasteiger partial charge is 0.247 e. The van der Waals surface area contributed by atoms with E-state index in [2.05, 4.69) is 55.6 Å². The van der Waals surface area contributed by atoms with Crippen LogP contribution in [0.3, 0.4) is 0 Å². The molecular formula is C24H45N2O2+. The Bertz CT molecular complexity index is 514. The van der Waals surface area contributed by atoms with Gasteiger partial charge in [-0.3, -0.25) is 0 Å². The van der Waals surface area contributed by atoms with E-state index in [0.29, 0.717) is 31.4 Å². The SMILES string of the molecule is CCCCCCCCCOC[n+]1ccn(CO[C@@H]2C[C@H](C)CC[C@H]2C(C)C)c1. The minimum absolute atomic E-state index is 0.396. The Morgan fingerprint density at radius 2 is 1.82 bits per heavy atom. The van der Waals surface area contributed by atoms with Crippen LogP contribution < -0.4 is 4.57 Å². The van der Waals surface area contributed by atoms with Crippen molar-refractivity contribution in [2.75, 3.05) is 6.61 Å². The van der Waals surface area contributed by atoms with Crippen molar-refractivity contribution in [2.45, 2.75) is 111 Å². The third kappa shape index (κ3) is 8.65. The Hall–Kier alpha value is -0.870. The molecule has 1 aliphatic carbocycles. The molecule has 0 radical (unpaired) electrons. The van der Waals surface area contributed by atoms with Gasteiger partial charge in [0, 0.05) is 0 Å². The van der Waals surface area contributed by atoms with Gasteiger partial charge in [0.15, 0.2) is 13.5 Å². The number of rotatable bonds is 14. The van der Waals surface area contributed by atoms with Crippen LogP contribution in [0.15, 0.2) is 18.7 Å². The van der Waals surface area contributed by atoms with Gasteiger partial charge in [0.1, 0.15) is 12.4 Å². The van der Waals surface area contributed by atoms with Crippen LogP contribution in [-0.4, -0.2) is 17.3 Å². The molecule has 0 bridgehead atoms. The summed E-state index contributed by atoms with van der Waals surface area (Å²) in [5.74, 6) is 2.19. The Balaban J connectivity index is 1.60. The highest BCUT2D eigenvalue weighted by molar-refractivity contribution is 4.81. The highest BCUT2D eigenvalue weighted by Crippen LogP contribution is 2.35. The fourth-order valence-electron chi connectivity index (χ4n) is 4.41. The molecule has 0 saturated heterocycles. The molecule has 0 unspecified atom stereocenters. The molecule has 2 rings (SSSR count). The van der Waals surface area contributed by atoms with Gasteiger partial charge in [-0.15, -0.1) is 0 Å². The van der Waals surface area contributed by atoms with Crippen molar-refractivity contribution < 1.29 is 14.0 Å².